The van der Waals surface area contributed by atoms with Gasteiger partial charge in [0.15, 0.2) is 0 Å². The van der Waals surface area contributed by atoms with Gasteiger partial charge in [-0.15, -0.1) is 0 Å². The molecule has 1 aromatic carbocycles. The first-order valence-electron chi connectivity index (χ1n) is 6.33. The fourth-order valence-electron chi connectivity index (χ4n) is 2.10. The van der Waals surface area contributed by atoms with Gasteiger partial charge in [0, 0.05) is 18.2 Å². The van der Waals surface area contributed by atoms with E-state index in [2.05, 4.69) is 5.10 Å². The summed E-state index contributed by atoms with van der Waals surface area (Å²) in [4.78, 5) is 23.0. The van der Waals surface area contributed by atoms with E-state index in [1.807, 2.05) is 25.1 Å². The molecule has 0 amide bonds. The Hall–Kier alpha value is -2.14. The Kier molecular flexibility index (Phi) is 4.43. The SMILES string of the molecule is COc1ccc(C)cc1-c1cc(CC(=O)Cl)c(=O)n(C)n1. The van der Waals surface area contributed by atoms with Crippen LogP contribution in [0.25, 0.3) is 11.3 Å². The van der Waals surface area contributed by atoms with Crippen LogP contribution in [-0.2, 0) is 18.3 Å². The molecule has 0 aliphatic carbocycles. The van der Waals surface area contributed by atoms with E-state index in [1.165, 1.54) is 11.7 Å². The smallest absolute Gasteiger partial charge is 0.270 e. The van der Waals surface area contributed by atoms with Gasteiger partial charge in [0.05, 0.1) is 19.2 Å². The van der Waals surface area contributed by atoms with Gasteiger partial charge in [-0.3, -0.25) is 9.59 Å². The van der Waals surface area contributed by atoms with E-state index < -0.39 is 5.24 Å². The molecular weight excluding hydrogens is 292 g/mol. The van der Waals surface area contributed by atoms with E-state index in [-0.39, 0.29) is 12.0 Å². The van der Waals surface area contributed by atoms with Gasteiger partial charge >= 0.3 is 0 Å². The third-order valence-electron chi connectivity index (χ3n) is 3.10. The van der Waals surface area contributed by atoms with Crippen LogP contribution in [0.1, 0.15) is 11.1 Å². The summed E-state index contributed by atoms with van der Waals surface area (Å²) < 4.78 is 6.53. The van der Waals surface area contributed by atoms with E-state index in [1.54, 1.807) is 13.2 Å². The molecule has 2 aromatic rings. The van der Waals surface area contributed by atoms with Gasteiger partial charge in [0.2, 0.25) is 5.24 Å². The van der Waals surface area contributed by atoms with Gasteiger partial charge in [-0.1, -0.05) is 11.6 Å². The lowest BCUT2D eigenvalue weighted by Gasteiger charge is -2.11. The minimum atomic E-state index is -0.583. The standard InChI is InChI=1S/C15H15ClN2O3/c1-9-4-5-13(21-3)11(6-9)12-7-10(8-14(16)19)15(20)18(2)17-12/h4-7H,8H2,1-3H3. The summed E-state index contributed by atoms with van der Waals surface area (Å²) in [7, 11) is 3.11. The predicted octanol–water partition coefficient (Wildman–Crippen LogP) is 2.07. The van der Waals surface area contributed by atoms with Gasteiger partial charge in [-0.25, -0.2) is 4.68 Å². The van der Waals surface area contributed by atoms with Crippen LogP contribution in [0, 0.1) is 6.92 Å². The largest absolute Gasteiger partial charge is 0.496 e. The Balaban J connectivity index is 2.64. The second-order valence-electron chi connectivity index (χ2n) is 4.72. The molecule has 0 aliphatic rings. The van der Waals surface area contributed by atoms with Crippen LogP contribution in [0.5, 0.6) is 5.75 Å². The third kappa shape index (κ3) is 3.31. The minimum Gasteiger partial charge on any atom is -0.496 e. The molecule has 1 aromatic heterocycles. The predicted molar refractivity (Wildman–Crippen MR) is 80.8 cm³/mol. The summed E-state index contributed by atoms with van der Waals surface area (Å²) in [5, 5.41) is 3.65. The topological polar surface area (TPSA) is 61.2 Å². The lowest BCUT2D eigenvalue weighted by molar-refractivity contribution is -0.111. The number of carbonyl (C=O) groups is 1. The second-order valence-corrected chi connectivity index (χ2v) is 5.14. The summed E-state index contributed by atoms with van der Waals surface area (Å²) in [6.45, 7) is 1.95. The molecule has 0 unspecified atom stereocenters. The molecule has 0 radical (unpaired) electrons. The Labute approximate surface area is 127 Å². The maximum absolute atomic E-state index is 12.0. The van der Waals surface area contributed by atoms with E-state index in [0.29, 0.717) is 17.0 Å². The van der Waals surface area contributed by atoms with Crippen molar-refractivity contribution in [2.45, 2.75) is 13.3 Å². The third-order valence-corrected chi connectivity index (χ3v) is 3.23. The monoisotopic (exact) mass is 306 g/mol. The zero-order valence-corrected chi connectivity index (χ0v) is 12.8. The fourth-order valence-corrected chi connectivity index (χ4v) is 2.24. The molecule has 0 atom stereocenters. The van der Waals surface area contributed by atoms with Crippen LogP contribution < -0.4 is 10.3 Å². The van der Waals surface area contributed by atoms with E-state index in [9.17, 15) is 9.59 Å². The lowest BCUT2D eigenvalue weighted by Crippen LogP contribution is -2.25. The number of nitrogens with zero attached hydrogens (tertiary/aromatic N) is 2. The molecule has 0 saturated carbocycles. The van der Waals surface area contributed by atoms with Crippen molar-refractivity contribution >= 4 is 16.8 Å². The molecule has 6 heteroatoms. The van der Waals surface area contributed by atoms with Crippen LogP contribution in [0.15, 0.2) is 29.1 Å². The van der Waals surface area contributed by atoms with Gasteiger partial charge in [0.1, 0.15) is 5.75 Å². The van der Waals surface area contributed by atoms with E-state index >= 15 is 0 Å². The number of ether oxygens (including phenoxy) is 1. The number of halogens is 1. The van der Waals surface area contributed by atoms with Gasteiger partial charge in [-0.2, -0.15) is 5.10 Å². The van der Waals surface area contributed by atoms with E-state index in [0.717, 1.165) is 11.1 Å². The molecular formula is C15H15ClN2O3. The Morgan fingerprint density at radius 2 is 2.10 bits per heavy atom. The normalized spacial score (nSPS) is 10.5. The number of aryl methyl sites for hydroxylation is 2. The van der Waals surface area contributed by atoms with Crippen molar-refractivity contribution in [1.29, 1.82) is 0 Å². The highest BCUT2D eigenvalue weighted by atomic mass is 35.5. The molecule has 0 fully saturated rings. The lowest BCUT2D eigenvalue weighted by atomic mass is 10.1. The first kappa shape index (κ1) is 15.3. The van der Waals surface area contributed by atoms with Crippen molar-refractivity contribution in [3.05, 3.63) is 45.7 Å². The number of benzene rings is 1. The van der Waals surface area contributed by atoms with Crippen molar-refractivity contribution in [2.75, 3.05) is 7.11 Å². The minimum absolute atomic E-state index is 0.127. The molecule has 5 nitrogen and oxygen atoms in total. The molecule has 1 heterocycles. The molecule has 2 rings (SSSR count). The summed E-state index contributed by atoms with van der Waals surface area (Å²) >= 11 is 5.39. The highest BCUT2D eigenvalue weighted by molar-refractivity contribution is 6.63. The molecule has 0 saturated heterocycles. The maximum atomic E-state index is 12.0. The Morgan fingerprint density at radius 3 is 2.71 bits per heavy atom. The zero-order chi connectivity index (χ0) is 15.6. The van der Waals surface area contributed by atoms with Crippen molar-refractivity contribution in [1.82, 2.24) is 9.78 Å². The fraction of sp³-hybridized carbons (Fsp3) is 0.267. The van der Waals surface area contributed by atoms with Gasteiger partial charge < -0.3 is 4.74 Å². The molecule has 21 heavy (non-hydrogen) atoms. The average Bonchev–Trinajstić information content (AvgIpc) is 2.43. The number of aromatic nitrogens is 2. The van der Waals surface area contributed by atoms with Crippen molar-refractivity contribution in [2.24, 2.45) is 7.05 Å². The molecule has 0 N–H and O–H groups in total. The van der Waals surface area contributed by atoms with Crippen LogP contribution >= 0.6 is 11.6 Å². The summed E-state index contributed by atoms with van der Waals surface area (Å²) in [5.74, 6) is 0.648. The summed E-state index contributed by atoms with van der Waals surface area (Å²) in [5.41, 5.74) is 2.34. The van der Waals surface area contributed by atoms with Crippen molar-refractivity contribution < 1.29 is 9.53 Å². The Bertz CT molecular complexity index is 753. The van der Waals surface area contributed by atoms with E-state index in [4.69, 9.17) is 16.3 Å². The number of hydrogen-bond donors (Lipinski definition) is 0. The highest BCUT2D eigenvalue weighted by Gasteiger charge is 2.13. The first-order chi connectivity index (χ1) is 9.92. The number of hydrogen-bond acceptors (Lipinski definition) is 4. The second kappa shape index (κ2) is 6.10. The van der Waals surface area contributed by atoms with Crippen LogP contribution in [0.3, 0.4) is 0 Å². The zero-order valence-electron chi connectivity index (χ0n) is 12.0. The summed E-state index contributed by atoms with van der Waals surface area (Å²) in [6, 6.07) is 7.26. The van der Waals surface area contributed by atoms with Crippen molar-refractivity contribution in [3.8, 4) is 17.0 Å². The highest BCUT2D eigenvalue weighted by Crippen LogP contribution is 2.29. The maximum Gasteiger partial charge on any atom is 0.270 e. The Morgan fingerprint density at radius 1 is 1.38 bits per heavy atom. The number of rotatable bonds is 4. The van der Waals surface area contributed by atoms with Crippen LogP contribution in [0.2, 0.25) is 0 Å². The molecule has 0 spiro atoms. The molecule has 0 bridgehead atoms. The van der Waals surface area contributed by atoms with Gasteiger partial charge in [-0.05, 0) is 36.7 Å². The molecule has 110 valence electrons. The number of methoxy groups -OCH3 is 1. The summed E-state index contributed by atoms with van der Waals surface area (Å²) in [6.07, 6.45) is -0.127. The van der Waals surface area contributed by atoms with Crippen LogP contribution in [0.4, 0.5) is 0 Å². The van der Waals surface area contributed by atoms with Crippen LogP contribution in [-0.4, -0.2) is 22.1 Å². The average molecular weight is 307 g/mol. The van der Waals surface area contributed by atoms with Gasteiger partial charge in [0.25, 0.3) is 5.56 Å². The quantitative estimate of drug-likeness (QED) is 0.811. The molecule has 0 aliphatic heterocycles. The first-order valence-corrected chi connectivity index (χ1v) is 6.70. The number of carbonyl (C=O) groups excluding carboxylic acids is 1. The van der Waals surface area contributed by atoms with Crippen molar-refractivity contribution in [3.63, 3.8) is 0 Å².